The summed E-state index contributed by atoms with van der Waals surface area (Å²) < 4.78 is 36.0. The van der Waals surface area contributed by atoms with Crippen molar-refractivity contribution in [2.45, 2.75) is 24.2 Å². The van der Waals surface area contributed by atoms with Crippen LogP contribution in [0.15, 0.2) is 63.6 Å². The fourth-order valence-electron chi connectivity index (χ4n) is 3.02. The number of nitrogens with zero attached hydrogens (tertiary/aromatic N) is 1. The topological polar surface area (TPSA) is 58.6 Å². The molecule has 1 amide bonds. The fourth-order valence-corrected chi connectivity index (χ4v) is 3.46. The molecule has 3 aromatic rings. The third kappa shape index (κ3) is 3.71. The number of nitrogens with one attached hydrogen (secondary N) is 1. The van der Waals surface area contributed by atoms with Gasteiger partial charge in [0.15, 0.2) is 6.17 Å². The van der Waals surface area contributed by atoms with E-state index < -0.39 is 11.9 Å². The van der Waals surface area contributed by atoms with E-state index >= 15 is 0 Å². The Hall–Kier alpha value is -2.74. The monoisotopic (exact) mass is 390 g/mol. The molecule has 0 fully saturated rings. The van der Waals surface area contributed by atoms with Crippen LogP contribution < -0.4 is 5.32 Å². The number of rotatable bonds is 6. The molecule has 2 aromatic heterocycles. The van der Waals surface area contributed by atoms with Crippen LogP contribution >= 0.6 is 11.8 Å². The maximum atomic E-state index is 13.0. The number of thioether (sulfide) groups is 1. The molecule has 27 heavy (non-hydrogen) atoms. The molecule has 0 bridgehead atoms. The van der Waals surface area contributed by atoms with Crippen molar-refractivity contribution in [1.29, 1.82) is 0 Å². The van der Waals surface area contributed by atoms with E-state index in [2.05, 4.69) is 5.32 Å². The van der Waals surface area contributed by atoms with Gasteiger partial charge in [-0.05, 0) is 36.4 Å². The third-order valence-electron chi connectivity index (χ3n) is 4.23. The summed E-state index contributed by atoms with van der Waals surface area (Å²) >= 11 is 0.495. The fraction of sp³-hybridized carbons (Fsp3) is 0.211. The van der Waals surface area contributed by atoms with Crippen molar-refractivity contribution in [3.63, 3.8) is 0 Å². The third-order valence-corrected chi connectivity index (χ3v) is 4.94. The van der Waals surface area contributed by atoms with Crippen LogP contribution in [0.2, 0.25) is 0 Å². The standard InChI is InChI=1S/C19H16F2N2O3S/c20-19(21)27-11-13-7-8-16(26-13)17-22-15-6-2-1-5-14(15)18(24)23(17)10-12-4-3-9-25-12/h1-9,17,19,22H,10-11H2/t17-/m1/s1. The molecule has 0 saturated carbocycles. The number of carbonyl (C=O) groups excluding carboxylic acids is 1. The molecule has 0 spiro atoms. The Kier molecular flexibility index (Phi) is 4.89. The average Bonchev–Trinajstić information content (AvgIpc) is 3.34. The van der Waals surface area contributed by atoms with Crippen LogP contribution in [0.4, 0.5) is 14.5 Å². The predicted molar refractivity (Wildman–Crippen MR) is 97.4 cm³/mol. The van der Waals surface area contributed by atoms with Gasteiger partial charge in [-0.1, -0.05) is 23.9 Å². The van der Waals surface area contributed by atoms with E-state index in [1.807, 2.05) is 12.1 Å². The van der Waals surface area contributed by atoms with E-state index in [0.717, 1.165) is 0 Å². The van der Waals surface area contributed by atoms with E-state index in [4.69, 9.17) is 8.83 Å². The van der Waals surface area contributed by atoms with Crippen molar-refractivity contribution in [1.82, 2.24) is 4.90 Å². The quantitative estimate of drug-likeness (QED) is 0.635. The van der Waals surface area contributed by atoms with Gasteiger partial charge >= 0.3 is 0 Å². The van der Waals surface area contributed by atoms with Crippen molar-refractivity contribution in [3.8, 4) is 0 Å². The number of hydrogen-bond donors (Lipinski definition) is 1. The minimum Gasteiger partial charge on any atom is -0.467 e. The molecule has 0 aliphatic carbocycles. The van der Waals surface area contributed by atoms with E-state index in [-0.39, 0.29) is 18.2 Å². The molecular weight excluding hydrogens is 374 g/mol. The van der Waals surface area contributed by atoms with Crippen molar-refractivity contribution in [2.75, 3.05) is 5.32 Å². The first kappa shape index (κ1) is 17.7. The van der Waals surface area contributed by atoms with E-state index in [0.29, 0.717) is 40.3 Å². The summed E-state index contributed by atoms with van der Waals surface area (Å²) in [6.07, 6.45) is 0.981. The number of furan rings is 2. The molecule has 0 radical (unpaired) electrons. The number of para-hydroxylation sites is 1. The Morgan fingerprint density at radius 2 is 1.96 bits per heavy atom. The highest BCUT2D eigenvalue weighted by Gasteiger charge is 2.35. The number of fused-ring (bicyclic) bond motifs is 1. The van der Waals surface area contributed by atoms with Crippen LogP contribution in [-0.4, -0.2) is 16.6 Å². The lowest BCUT2D eigenvalue weighted by atomic mass is 10.1. The number of benzene rings is 1. The van der Waals surface area contributed by atoms with Crippen LogP contribution in [0.25, 0.3) is 0 Å². The predicted octanol–water partition coefficient (Wildman–Crippen LogP) is 5.10. The zero-order valence-electron chi connectivity index (χ0n) is 14.1. The Balaban J connectivity index is 1.65. The SMILES string of the molecule is O=C1c2ccccc2N[C@@H](c2ccc(CSC(F)F)o2)N1Cc1ccco1. The Labute approximate surface area is 158 Å². The van der Waals surface area contributed by atoms with Gasteiger partial charge in [0.2, 0.25) is 0 Å². The molecule has 8 heteroatoms. The van der Waals surface area contributed by atoms with Gasteiger partial charge in [0.05, 0.1) is 24.1 Å². The summed E-state index contributed by atoms with van der Waals surface area (Å²) in [6.45, 7) is 0.250. The molecule has 140 valence electrons. The maximum absolute atomic E-state index is 13.0. The summed E-state index contributed by atoms with van der Waals surface area (Å²) in [5, 5.41) is 3.30. The number of carbonyl (C=O) groups is 1. The summed E-state index contributed by atoms with van der Waals surface area (Å²) in [5.74, 6) is -1.02. The van der Waals surface area contributed by atoms with Gasteiger partial charge in [-0.2, -0.15) is 8.78 Å². The zero-order valence-corrected chi connectivity index (χ0v) is 14.9. The van der Waals surface area contributed by atoms with Gasteiger partial charge < -0.3 is 19.1 Å². The van der Waals surface area contributed by atoms with Crippen LogP contribution in [-0.2, 0) is 12.3 Å². The normalized spacial score (nSPS) is 16.5. The van der Waals surface area contributed by atoms with Crippen LogP contribution in [0.5, 0.6) is 0 Å². The van der Waals surface area contributed by atoms with E-state index in [9.17, 15) is 13.6 Å². The second kappa shape index (κ2) is 7.48. The van der Waals surface area contributed by atoms with Crippen molar-refractivity contribution in [3.05, 3.63) is 77.6 Å². The summed E-state index contributed by atoms with van der Waals surface area (Å²) in [7, 11) is 0. The van der Waals surface area contributed by atoms with Gasteiger partial charge in [-0.3, -0.25) is 4.79 Å². The highest BCUT2D eigenvalue weighted by Crippen LogP contribution is 2.35. The highest BCUT2D eigenvalue weighted by molar-refractivity contribution is 7.98. The smallest absolute Gasteiger partial charge is 0.284 e. The first-order chi connectivity index (χ1) is 13.1. The highest BCUT2D eigenvalue weighted by atomic mass is 32.2. The second-order valence-electron chi connectivity index (χ2n) is 5.98. The Morgan fingerprint density at radius 1 is 1.11 bits per heavy atom. The van der Waals surface area contributed by atoms with Crippen LogP contribution in [0.1, 0.15) is 33.8 Å². The first-order valence-electron chi connectivity index (χ1n) is 8.29. The van der Waals surface area contributed by atoms with Gasteiger partial charge in [0.1, 0.15) is 17.3 Å². The molecule has 4 rings (SSSR count). The first-order valence-corrected chi connectivity index (χ1v) is 9.34. The summed E-state index contributed by atoms with van der Waals surface area (Å²) in [5.41, 5.74) is 1.25. The molecule has 1 aromatic carbocycles. The minimum absolute atomic E-state index is 0.0626. The molecule has 1 N–H and O–H groups in total. The molecule has 1 aliphatic rings. The molecule has 0 saturated heterocycles. The van der Waals surface area contributed by atoms with Crippen molar-refractivity contribution >= 4 is 23.4 Å². The van der Waals surface area contributed by atoms with Crippen LogP contribution in [0, 0.1) is 0 Å². The van der Waals surface area contributed by atoms with Gasteiger partial charge in [-0.15, -0.1) is 0 Å². The molecule has 5 nitrogen and oxygen atoms in total. The van der Waals surface area contributed by atoms with Gasteiger partial charge in [0, 0.05) is 5.69 Å². The lowest BCUT2D eigenvalue weighted by Crippen LogP contribution is -2.42. The largest absolute Gasteiger partial charge is 0.467 e. The van der Waals surface area contributed by atoms with Crippen molar-refractivity contribution < 1.29 is 22.4 Å². The number of anilines is 1. The molecule has 3 heterocycles. The van der Waals surface area contributed by atoms with Crippen LogP contribution in [0.3, 0.4) is 0 Å². The van der Waals surface area contributed by atoms with E-state index in [1.165, 1.54) is 0 Å². The molecule has 0 unspecified atom stereocenters. The Morgan fingerprint density at radius 3 is 2.74 bits per heavy atom. The summed E-state index contributed by atoms with van der Waals surface area (Å²) in [4.78, 5) is 14.6. The minimum atomic E-state index is -2.46. The van der Waals surface area contributed by atoms with Crippen molar-refractivity contribution in [2.24, 2.45) is 0 Å². The number of halogens is 2. The number of hydrogen-bond acceptors (Lipinski definition) is 5. The van der Waals surface area contributed by atoms with E-state index in [1.54, 1.807) is 47.6 Å². The zero-order chi connectivity index (χ0) is 18.8. The molecule has 1 aliphatic heterocycles. The maximum Gasteiger partial charge on any atom is 0.284 e. The lowest BCUT2D eigenvalue weighted by Gasteiger charge is -2.36. The Bertz CT molecular complexity index is 927. The van der Waals surface area contributed by atoms with Gasteiger partial charge in [-0.25, -0.2) is 0 Å². The van der Waals surface area contributed by atoms with Gasteiger partial charge in [0.25, 0.3) is 11.7 Å². The second-order valence-corrected chi connectivity index (χ2v) is 6.96. The lowest BCUT2D eigenvalue weighted by molar-refractivity contribution is 0.0628. The molecular formula is C19H16F2N2O3S. The number of alkyl halides is 2. The molecule has 1 atom stereocenters. The summed E-state index contributed by atoms with van der Waals surface area (Å²) in [6, 6.07) is 14.1. The number of amides is 1. The average molecular weight is 390 g/mol.